The number of aliphatic hydroxyl groups is 1. The molecule has 0 aromatic rings. The van der Waals surface area contributed by atoms with Gasteiger partial charge in [0.15, 0.2) is 0 Å². The van der Waals surface area contributed by atoms with Gasteiger partial charge in [0, 0.05) is 26.3 Å². The van der Waals surface area contributed by atoms with E-state index in [-0.39, 0.29) is 75.7 Å². The smallest absolute Gasteiger partial charge is 0.248 e. The molecular weight excluding hydrogens is 1600 g/mol. The van der Waals surface area contributed by atoms with Gasteiger partial charge in [0.2, 0.25) is 118 Å². The monoisotopic (exact) mass is 1750 g/mol. The highest BCUT2D eigenvalue weighted by Gasteiger charge is 2.48. The molecule has 1 fully saturated rings. The normalized spacial score (nSPS) is 16.3. The Morgan fingerprint density at radius 2 is 0.789 bits per heavy atom. The fourth-order valence-corrected chi connectivity index (χ4v) is 12.7. The van der Waals surface area contributed by atoms with Crippen LogP contribution in [0.15, 0.2) is 0 Å². The van der Waals surface area contributed by atoms with Crippen LogP contribution in [0, 0.1) is 23.7 Å². The molecule has 1 heterocycles. The Labute approximate surface area is 722 Å². The molecular formula is C82H144N20O21. The average Bonchev–Trinajstić information content (AvgIpc) is 1.64. The summed E-state index contributed by atoms with van der Waals surface area (Å²) in [4.78, 5) is 273. The van der Waals surface area contributed by atoms with Crippen molar-refractivity contribution in [2.24, 2.45) is 35.1 Å². The second-order valence-electron chi connectivity index (χ2n) is 36.7. The van der Waals surface area contributed by atoms with Crippen molar-refractivity contribution in [2.45, 2.75) is 350 Å². The molecule has 123 heavy (non-hydrogen) atoms. The number of amides is 20. The number of carbonyl (C=O) groups is 20. The molecule has 11 unspecified atom stereocenters. The third kappa shape index (κ3) is 35.3. The first kappa shape index (κ1) is 110. The maximum absolute atomic E-state index is 14.5. The van der Waals surface area contributed by atoms with Gasteiger partial charge in [0.05, 0.1) is 25.7 Å². The van der Waals surface area contributed by atoms with Crippen molar-refractivity contribution >= 4 is 118 Å². The van der Waals surface area contributed by atoms with Gasteiger partial charge in [0.1, 0.15) is 86.6 Å². The van der Waals surface area contributed by atoms with E-state index in [2.05, 4.69) is 90.4 Å². The summed E-state index contributed by atoms with van der Waals surface area (Å²) in [5.41, 5.74) is -2.93. The van der Waals surface area contributed by atoms with E-state index >= 15 is 0 Å². The fourth-order valence-electron chi connectivity index (χ4n) is 12.7. The standard InChI is InChI=1S/C82H144N20O21/c1-27-80(24,99-64(113)53(39-45(8)9)89-60(109)47(12)87-57(107)40-85-67(116)75(14,15)94-48(13)104)71(120)92-51(33-35-56(84)106)62(111)98-81(25,28-2)72(121)93-59(46(10)11)66(115)97-76(16,17)68(117)86-41-58(108)95-82(26,29-3)73(122)101-79(22,23)74(123)102-36-30-31-54(102)65(114)90-52(38-44(6)7)63(112)96-78(20,21)70(119)100-77(18,19)69(118)91-50(32-34-55(83)105)61(110)88-49(42-103)37-43(4)5/h43-47,49-54,59,103H,27-42H2,1-26H3,(H2,83,105)(H2,84,106)(H,85,116)(H,86,117)(H,87,107)(H,88,110)(H,89,109)(H,90,114)(H,91,118)(H,92,120)(H,93,121)(H,94,104)(H,95,108)(H,96,112)(H,97,115)(H,98,111)(H,99,113)(H,100,119)(H,101,122). The lowest BCUT2D eigenvalue weighted by Gasteiger charge is -2.37. The van der Waals surface area contributed by atoms with Crippen molar-refractivity contribution in [3.8, 4) is 0 Å². The predicted octanol–water partition coefficient (Wildman–Crippen LogP) is -2.71. The SMILES string of the molecule is CCC(C)(NC(=O)CNC(=O)C(C)(C)NC(=O)C(NC(=O)C(C)(CC)NC(=O)C(CCC(N)=O)NC(=O)C(C)(CC)NC(=O)C(CC(C)C)NC(=O)C(C)NC(=O)CNC(=O)C(C)(C)NC(C)=O)C(C)C)C(=O)NC(C)(C)C(=O)N1CCCC1C(=O)NC(CC(C)C)C(=O)NC(C)(C)C(=O)NC(C)(C)C(=O)NC(CCC(N)=O)C(=O)NC(CO)CC(C)C. The van der Waals surface area contributed by atoms with Crippen LogP contribution in [0.2, 0.25) is 0 Å². The fraction of sp³-hybridized carbons (Fsp3) is 0.756. The molecule has 1 aliphatic rings. The minimum Gasteiger partial charge on any atom is -0.394 e. The van der Waals surface area contributed by atoms with Crippen molar-refractivity contribution in [3.05, 3.63) is 0 Å². The number of nitrogens with two attached hydrogens (primary N) is 2. The van der Waals surface area contributed by atoms with E-state index in [4.69, 9.17) is 11.5 Å². The number of aliphatic hydroxyl groups excluding tert-OH is 1. The third-order valence-electron chi connectivity index (χ3n) is 21.1. The first-order valence-corrected chi connectivity index (χ1v) is 42.0. The highest BCUT2D eigenvalue weighted by atomic mass is 16.3. The van der Waals surface area contributed by atoms with Gasteiger partial charge in [-0.1, -0.05) is 76.2 Å². The highest BCUT2D eigenvalue weighted by molar-refractivity contribution is 6.04. The lowest BCUT2D eigenvalue weighted by Crippen LogP contribution is -2.67. The van der Waals surface area contributed by atoms with Crippen molar-refractivity contribution in [3.63, 3.8) is 0 Å². The predicted molar refractivity (Wildman–Crippen MR) is 454 cm³/mol. The second kappa shape index (κ2) is 47.3. The summed E-state index contributed by atoms with van der Waals surface area (Å²) in [6.07, 6.45) is -0.588. The highest BCUT2D eigenvalue weighted by Crippen LogP contribution is 2.25. The first-order chi connectivity index (χ1) is 56.3. The summed E-state index contributed by atoms with van der Waals surface area (Å²) in [6.45, 7) is 37.4. The molecule has 20 amide bonds. The topological polar surface area (TPSA) is 621 Å². The van der Waals surface area contributed by atoms with Gasteiger partial charge >= 0.3 is 0 Å². The number of nitrogens with one attached hydrogen (secondary N) is 17. The molecule has 0 aromatic carbocycles. The molecule has 22 N–H and O–H groups in total. The zero-order valence-electron chi connectivity index (χ0n) is 77.0. The van der Waals surface area contributed by atoms with Gasteiger partial charge in [0.25, 0.3) is 0 Å². The van der Waals surface area contributed by atoms with E-state index in [0.717, 1.165) is 0 Å². The number of nitrogens with zero attached hydrogens (tertiary/aromatic N) is 1. The van der Waals surface area contributed by atoms with Crippen molar-refractivity contribution in [2.75, 3.05) is 26.2 Å². The van der Waals surface area contributed by atoms with E-state index in [9.17, 15) is 101 Å². The van der Waals surface area contributed by atoms with Gasteiger partial charge in [-0.2, -0.15) is 0 Å². The summed E-state index contributed by atoms with van der Waals surface area (Å²) >= 11 is 0. The summed E-state index contributed by atoms with van der Waals surface area (Å²) in [5, 5.41) is 53.8. The van der Waals surface area contributed by atoms with Crippen LogP contribution in [0.4, 0.5) is 0 Å². The van der Waals surface area contributed by atoms with E-state index in [1.54, 1.807) is 55.4 Å². The minimum atomic E-state index is -1.85. The van der Waals surface area contributed by atoms with Crippen LogP contribution >= 0.6 is 0 Å². The number of carbonyl (C=O) groups excluding carboxylic acids is 20. The Morgan fingerprint density at radius 1 is 0.390 bits per heavy atom. The van der Waals surface area contributed by atoms with Gasteiger partial charge < -0.3 is 112 Å². The molecule has 0 saturated carbocycles. The zero-order valence-corrected chi connectivity index (χ0v) is 77.0. The van der Waals surface area contributed by atoms with Crippen molar-refractivity contribution < 1.29 is 101 Å². The first-order valence-electron chi connectivity index (χ1n) is 42.0. The van der Waals surface area contributed by atoms with Gasteiger partial charge in [-0.05, 0) is 185 Å². The Morgan fingerprint density at radius 3 is 1.24 bits per heavy atom. The van der Waals surface area contributed by atoms with Crippen LogP contribution in [0.25, 0.3) is 0 Å². The molecule has 0 aromatic heterocycles. The molecule has 11 atom stereocenters. The third-order valence-corrected chi connectivity index (χ3v) is 21.1. The lowest BCUT2D eigenvalue weighted by atomic mass is 9.93. The lowest BCUT2D eigenvalue weighted by molar-refractivity contribution is -0.146. The largest absolute Gasteiger partial charge is 0.394 e. The van der Waals surface area contributed by atoms with Gasteiger partial charge in [-0.25, -0.2) is 0 Å². The number of hydrogen-bond acceptors (Lipinski definition) is 21. The maximum Gasteiger partial charge on any atom is 0.248 e. The van der Waals surface area contributed by atoms with E-state index in [0.29, 0.717) is 12.8 Å². The second-order valence-corrected chi connectivity index (χ2v) is 36.7. The Bertz CT molecular complexity index is 3840. The van der Waals surface area contributed by atoms with Crippen LogP contribution in [0.5, 0.6) is 0 Å². The van der Waals surface area contributed by atoms with Crippen LogP contribution < -0.4 is 102 Å². The molecule has 41 heteroatoms. The van der Waals surface area contributed by atoms with Crippen LogP contribution in [-0.4, -0.2) is 247 Å². The summed E-state index contributed by atoms with van der Waals surface area (Å²) in [5.74, 6) is -17.0. The molecule has 1 saturated heterocycles. The number of hydrogen-bond donors (Lipinski definition) is 20. The van der Waals surface area contributed by atoms with Crippen molar-refractivity contribution in [1.29, 1.82) is 0 Å². The quantitative estimate of drug-likeness (QED) is 0.0294. The van der Waals surface area contributed by atoms with Crippen LogP contribution in [-0.2, 0) is 95.9 Å². The maximum atomic E-state index is 14.5. The molecule has 41 nitrogen and oxygen atoms in total. The average molecular weight is 1750 g/mol. The Kier molecular flexibility index (Phi) is 42.4. The number of rotatable bonds is 51. The summed E-state index contributed by atoms with van der Waals surface area (Å²) < 4.78 is 0. The number of likely N-dealkylation sites (tertiary alicyclic amines) is 1. The molecule has 0 radical (unpaired) electrons. The van der Waals surface area contributed by atoms with Gasteiger partial charge in [-0.15, -0.1) is 0 Å². The Balaban J connectivity index is 3.26. The summed E-state index contributed by atoms with van der Waals surface area (Å²) in [6, 6.07) is -9.86. The molecule has 698 valence electrons. The minimum absolute atomic E-state index is 0.0451. The van der Waals surface area contributed by atoms with E-state index < -0.39 is 249 Å². The van der Waals surface area contributed by atoms with E-state index in [1.165, 1.54) is 116 Å². The Hall–Kier alpha value is -10.6. The van der Waals surface area contributed by atoms with Crippen molar-refractivity contribution in [1.82, 2.24) is 95.3 Å². The molecule has 0 bridgehead atoms. The molecule has 0 aliphatic carbocycles. The summed E-state index contributed by atoms with van der Waals surface area (Å²) in [7, 11) is 0. The zero-order chi connectivity index (χ0) is 95.4. The van der Waals surface area contributed by atoms with Crippen LogP contribution in [0.1, 0.15) is 257 Å². The molecule has 1 rings (SSSR count). The molecule has 1 aliphatic heterocycles. The number of primary amides is 2. The molecule has 0 spiro atoms. The van der Waals surface area contributed by atoms with Gasteiger partial charge in [-0.3, -0.25) is 95.9 Å². The van der Waals surface area contributed by atoms with E-state index in [1.807, 2.05) is 13.8 Å². The van der Waals surface area contributed by atoms with Crippen LogP contribution in [0.3, 0.4) is 0 Å².